The molecule has 1 aliphatic heterocycles. The summed E-state index contributed by atoms with van der Waals surface area (Å²) >= 11 is 6.15. The van der Waals surface area contributed by atoms with Crippen molar-refractivity contribution in [3.63, 3.8) is 0 Å². The van der Waals surface area contributed by atoms with Crippen molar-refractivity contribution < 1.29 is 18.0 Å². The van der Waals surface area contributed by atoms with Gasteiger partial charge in [-0.2, -0.15) is 13.2 Å². The number of hydrogen-bond acceptors (Lipinski definition) is 4. The van der Waals surface area contributed by atoms with Crippen LogP contribution in [0.4, 0.5) is 13.2 Å². The second-order valence-electron chi connectivity index (χ2n) is 11.0. The highest BCUT2D eigenvalue weighted by molar-refractivity contribution is 6.31. The van der Waals surface area contributed by atoms with Crippen molar-refractivity contribution in [3.05, 3.63) is 82.4 Å². The van der Waals surface area contributed by atoms with Crippen LogP contribution in [0.15, 0.2) is 65.7 Å². The second-order valence-corrected chi connectivity index (χ2v) is 11.4. The lowest BCUT2D eigenvalue weighted by Crippen LogP contribution is -2.62. The summed E-state index contributed by atoms with van der Waals surface area (Å²) in [6.45, 7) is 4.52. The summed E-state index contributed by atoms with van der Waals surface area (Å²) in [5.74, 6) is -0.230. The van der Waals surface area contributed by atoms with Gasteiger partial charge in [-0.25, -0.2) is 0 Å². The Morgan fingerprint density at radius 3 is 2.50 bits per heavy atom. The molecule has 0 bridgehead atoms. The molecule has 3 aromatic carbocycles. The zero-order chi connectivity index (χ0) is 30.4. The molecule has 7 nitrogen and oxygen atoms in total. The number of nitrogens with two attached hydrogens (primary N) is 3. The summed E-state index contributed by atoms with van der Waals surface area (Å²) in [6, 6.07) is 16.9. The van der Waals surface area contributed by atoms with Gasteiger partial charge in [0, 0.05) is 43.3 Å². The quantitative estimate of drug-likeness (QED) is 0.179. The molecule has 226 valence electrons. The van der Waals surface area contributed by atoms with E-state index in [4.69, 9.17) is 28.8 Å². The van der Waals surface area contributed by atoms with E-state index < -0.39 is 17.8 Å². The lowest BCUT2D eigenvalue weighted by atomic mass is 9.98. The third-order valence-electron chi connectivity index (χ3n) is 7.88. The molecule has 0 aliphatic carbocycles. The third-order valence-corrected chi connectivity index (χ3v) is 8.23. The van der Waals surface area contributed by atoms with Gasteiger partial charge >= 0.3 is 6.18 Å². The van der Waals surface area contributed by atoms with Gasteiger partial charge in [-0.1, -0.05) is 60.1 Å². The maximum Gasteiger partial charge on any atom is 0.416 e. The highest BCUT2D eigenvalue weighted by atomic mass is 35.5. The SMILES string of the molecule is C[C@@H]1CN(C(=O)[C@H](N)Cc2ccc(C(F)(F)F)cc2Cl)[C@@H](CCCN=C(N)N)CN1CCc1ccc2ccccc2c1. The fourth-order valence-corrected chi connectivity index (χ4v) is 5.81. The fourth-order valence-electron chi connectivity index (χ4n) is 5.56. The molecule has 1 aliphatic rings. The first-order valence-corrected chi connectivity index (χ1v) is 14.5. The van der Waals surface area contributed by atoms with Gasteiger partial charge in [0.05, 0.1) is 11.6 Å². The van der Waals surface area contributed by atoms with Crippen LogP contribution in [-0.2, 0) is 23.8 Å². The van der Waals surface area contributed by atoms with Gasteiger partial charge in [0.1, 0.15) is 0 Å². The fraction of sp³-hybridized carbons (Fsp3) is 0.419. The zero-order valence-corrected chi connectivity index (χ0v) is 24.4. The van der Waals surface area contributed by atoms with Gasteiger partial charge in [-0.15, -0.1) is 0 Å². The smallest absolute Gasteiger partial charge is 0.370 e. The maximum absolute atomic E-state index is 13.6. The molecule has 1 saturated heterocycles. The number of benzene rings is 3. The lowest BCUT2D eigenvalue weighted by Gasteiger charge is -2.46. The van der Waals surface area contributed by atoms with Gasteiger partial charge in [0.2, 0.25) is 5.91 Å². The maximum atomic E-state index is 13.6. The number of halogens is 4. The second kappa shape index (κ2) is 13.8. The molecule has 6 N–H and O–H groups in total. The van der Waals surface area contributed by atoms with Crippen molar-refractivity contribution in [3.8, 4) is 0 Å². The van der Waals surface area contributed by atoms with Crippen molar-refractivity contribution in [2.45, 2.75) is 56.9 Å². The Hall–Kier alpha value is -3.34. The van der Waals surface area contributed by atoms with E-state index in [0.717, 1.165) is 25.1 Å². The van der Waals surface area contributed by atoms with E-state index in [1.54, 1.807) is 0 Å². The number of nitrogens with zero attached hydrogens (tertiary/aromatic N) is 3. The molecule has 42 heavy (non-hydrogen) atoms. The number of rotatable bonds is 10. The number of hydrogen-bond donors (Lipinski definition) is 3. The summed E-state index contributed by atoms with van der Waals surface area (Å²) in [5.41, 5.74) is 18.1. The van der Waals surface area contributed by atoms with Gasteiger partial charge in [-0.05, 0) is 66.6 Å². The minimum atomic E-state index is -4.50. The topological polar surface area (TPSA) is 114 Å². The Labute approximate surface area is 249 Å². The van der Waals surface area contributed by atoms with E-state index in [-0.39, 0.29) is 35.4 Å². The number of alkyl halides is 3. The highest BCUT2D eigenvalue weighted by Gasteiger charge is 2.36. The molecule has 1 fully saturated rings. The number of fused-ring (bicyclic) bond motifs is 1. The summed E-state index contributed by atoms with van der Waals surface area (Å²) in [6.07, 6.45) is -2.24. The number of piperazine rings is 1. The Balaban J connectivity index is 1.44. The Morgan fingerprint density at radius 2 is 1.81 bits per heavy atom. The van der Waals surface area contributed by atoms with Gasteiger partial charge in [0.25, 0.3) is 0 Å². The van der Waals surface area contributed by atoms with Gasteiger partial charge < -0.3 is 22.1 Å². The standard InChI is InChI=1S/C31H38ClF3N6O/c1-20-18-41(29(42)28(36)16-24-10-11-25(17-27(24)32)31(33,34)35)26(7-4-13-39-30(37)38)19-40(20)14-12-21-8-9-22-5-2-3-6-23(22)15-21/h2-3,5-6,8-11,15,17,20,26,28H,4,7,12-14,16,18-19,36H2,1H3,(H4,37,38,39)/t20-,26+,28-/m1/s1. The van der Waals surface area contributed by atoms with Crippen LogP contribution in [0.5, 0.6) is 0 Å². The zero-order valence-electron chi connectivity index (χ0n) is 23.7. The molecule has 0 radical (unpaired) electrons. The molecular formula is C31H38ClF3N6O. The number of carbonyl (C=O) groups excluding carboxylic acids is 1. The van der Waals surface area contributed by atoms with Crippen LogP contribution >= 0.6 is 11.6 Å². The van der Waals surface area contributed by atoms with Gasteiger partial charge in [-0.3, -0.25) is 14.7 Å². The summed E-state index contributed by atoms with van der Waals surface area (Å²) in [7, 11) is 0. The van der Waals surface area contributed by atoms with Crippen LogP contribution in [0.1, 0.15) is 36.5 Å². The van der Waals surface area contributed by atoms with Crippen molar-refractivity contribution in [2.24, 2.45) is 22.2 Å². The first kappa shape index (κ1) is 31.6. The number of amides is 1. The average molecular weight is 603 g/mol. The average Bonchev–Trinajstić information content (AvgIpc) is 2.94. The van der Waals surface area contributed by atoms with Crippen molar-refractivity contribution >= 4 is 34.2 Å². The Morgan fingerprint density at radius 1 is 1.07 bits per heavy atom. The molecule has 0 saturated carbocycles. The van der Waals surface area contributed by atoms with Crippen LogP contribution in [0.3, 0.4) is 0 Å². The minimum absolute atomic E-state index is 0.0210. The molecule has 0 unspecified atom stereocenters. The van der Waals surface area contributed by atoms with Gasteiger partial charge in [0.15, 0.2) is 5.96 Å². The first-order chi connectivity index (χ1) is 19.9. The predicted octanol–water partition coefficient (Wildman–Crippen LogP) is 4.58. The monoisotopic (exact) mass is 602 g/mol. The van der Waals surface area contributed by atoms with E-state index in [1.165, 1.54) is 22.4 Å². The van der Waals surface area contributed by atoms with E-state index in [2.05, 4.69) is 47.1 Å². The Kier molecular flexibility index (Phi) is 10.3. The molecule has 3 atom stereocenters. The van der Waals surface area contributed by atoms with Crippen LogP contribution in [0, 0.1) is 0 Å². The van der Waals surface area contributed by atoms with E-state index in [0.29, 0.717) is 38.0 Å². The molecule has 4 rings (SSSR count). The molecule has 1 heterocycles. The minimum Gasteiger partial charge on any atom is -0.370 e. The van der Waals surface area contributed by atoms with Crippen LogP contribution in [0.25, 0.3) is 10.8 Å². The van der Waals surface area contributed by atoms with Crippen LogP contribution in [-0.4, -0.2) is 66.0 Å². The first-order valence-electron chi connectivity index (χ1n) is 14.1. The van der Waals surface area contributed by atoms with Crippen molar-refractivity contribution in [2.75, 3.05) is 26.2 Å². The predicted molar refractivity (Wildman–Crippen MR) is 162 cm³/mol. The number of aliphatic imine (C=N–C) groups is 1. The van der Waals surface area contributed by atoms with E-state index in [9.17, 15) is 18.0 Å². The van der Waals surface area contributed by atoms with E-state index in [1.807, 2.05) is 17.0 Å². The molecule has 0 aromatic heterocycles. The number of guanidine groups is 1. The normalized spacial score (nSPS) is 18.7. The van der Waals surface area contributed by atoms with Crippen molar-refractivity contribution in [1.82, 2.24) is 9.80 Å². The highest BCUT2D eigenvalue weighted by Crippen LogP contribution is 2.32. The molecule has 3 aromatic rings. The molecule has 11 heteroatoms. The molecule has 0 spiro atoms. The Bertz CT molecular complexity index is 1410. The summed E-state index contributed by atoms with van der Waals surface area (Å²) in [4.78, 5) is 21.9. The lowest BCUT2D eigenvalue weighted by molar-refractivity contribution is -0.139. The van der Waals surface area contributed by atoms with E-state index >= 15 is 0 Å². The summed E-state index contributed by atoms with van der Waals surface area (Å²) in [5, 5.41) is 2.35. The molecular weight excluding hydrogens is 565 g/mol. The largest absolute Gasteiger partial charge is 0.416 e. The number of carbonyl (C=O) groups is 1. The van der Waals surface area contributed by atoms with Crippen LogP contribution in [0.2, 0.25) is 5.02 Å². The van der Waals surface area contributed by atoms with Crippen LogP contribution < -0.4 is 17.2 Å². The third kappa shape index (κ3) is 8.14. The van der Waals surface area contributed by atoms with Crippen molar-refractivity contribution in [1.29, 1.82) is 0 Å². The summed E-state index contributed by atoms with van der Waals surface area (Å²) < 4.78 is 39.2. The molecule has 1 amide bonds.